The monoisotopic (exact) mass is 215 g/mol. The molecule has 1 N–H and O–H groups in total. The van der Waals surface area contributed by atoms with Crippen LogP contribution in [0.3, 0.4) is 0 Å². The second-order valence-electron chi connectivity index (χ2n) is 4.19. The van der Waals surface area contributed by atoms with Gasteiger partial charge in [0, 0.05) is 24.4 Å². The number of nitrogens with zero attached hydrogens (tertiary/aromatic N) is 1. The first-order valence-corrected chi connectivity index (χ1v) is 5.51. The largest absolute Gasteiger partial charge is 0.490 e. The molecule has 1 aromatic carbocycles. The van der Waals surface area contributed by atoms with Crippen molar-refractivity contribution in [3.8, 4) is 5.75 Å². The first-order valence-electron chi connectivity index (χ1n) is 5.51. The molecule has 2 aromatic rings. The second-order valence-corrected chi connectivity index (χ2v) is 4.19. The van der Waals surface area contributed by atoms with E-state index >= 15 is 0 Å². The van der Waals surface area contributed by atoms with Crippen molar-refractivity contribution in [1.29, 1.82) is 0 Å². The molecule has 3 heteroatoms. The van der Waals surface area contributed by atoms with Gasteiger partial charge in [-0.3, -0.25) is 4.98 Å². The minimum atomic E-state index is -0.182. The number of aliphatic hydroxyl groups is 1. The topological polar surface area (TPSA) is 42.4 Å². The summed E-state index contributed by atoms with van der Waals surface area (Å²) in [4.78, 5) is 4.28. The van der Waals surface area contributed by atoms with Crippen LogP contribution in [0.4, 0.5) is 0 Å². The molecule has 0 saturated heterocycles. The Hall–Kier alpha value is -1.61. The zero-order valence-corrected chi connectivity index (χ0v) is 8.84. The van der Waals surface area contributed by atoms with Crippen LogP contribution in [0.5, 0.6) is 5.75 Å². The summed E-state index contributed by atoms with van der Waals surface area (Å²) in [6.07, 6.45) is 3.21. The number of aliphatic hydroxyl groups excluding tert-OH is 1. The van der Waals surface area contributed by atoms with E-state index in [4.69, 9.17) is 4.74 Å². The van der Waals surface area contributed by atoms with Gasteiger partial charge in [-0.15, -0.1) is 0 Å². The Morgan fingerprint density at radius 3 is 2.88 bits per heavy atom. The van der Waals surface area contributed by atoms with Crippen LogP contribution in [0.25, 0.3) is 10.9 Å². The molecule has 3 nitrogen and oxygen atoms in total. The fourth-order valence-corrected chi connectivity index (χ4v) is 1.99. The quantitative estimate of drug-likeness (QED) is 0.834. The third-order valence-corrected chi connectivity index (χ3v) is 2.97. The number of ether oxygens (including phenoxy) is 1. The number of aromatic nitrogens is 1. The lowest BCUT2D eigenvalue weighted by Crippen LogP contribution is -2.37. The minimum Gasteiger partial charge on any atom is -0.490 e. The lowest BCUT2D eigenvalue weighted by Gasteiger charge is -2.31. The molecule has 1 aromatic heterocycles. The third-order valence-electron chi connectivity index (χ3n) is 2.97. The fourth-order valence-electron chi connectivity index (χ4n) is 1.99. The van der Waals surface area contributed by atoms with Crippen molar-refractivity contribution in [2.45, 2.75) is 25.0 Å². The summed E-state index contributed by atoms with van der Waals surface area (Å²) < 4.78 is 5.83. The van der Waals surface area contributed by atoms with E-state index in [1.165, 1.54) is 0 Å². The van der Waals surface area contributed by atoms with Gasteiger partial charge in [0.15, 0.2) is 0 Å². The van der Waals surface area contributed by atoms with Crippen LogP contribution in [0.2, 0.25) is 0 Å². The van der Waals surface area contributed by atoms with Crippen molar-refractivity contribution in [2.24, 2.45) is 0 Å². The van der Waals surface area contributed by atoms with Crippen molar-refractivity contribution in [2.75, 3.05) is 0 Å². The zero-order valence-electron chi connectivity index (χ0n) is 8.84. The van der Waals surface area contributed by atoms with Crippen LogP contribution < -0.4 is 4.74 Å². The van der Waals surface area contributed by atoms with Crippen LogP contribution >= 0.6 is 0 Å². The molecule has 0 amide bonds. The number of hydrogen-bond acceptors (Lipinski definition) is 3. The molecule has 3 rings (SSSR count). The van der Waals surface area contributed by atoms with Crippen molar-refractivity contribution >= 4 is 10.9 Å². The number of rotatable bonds is 2. The molecule has 16 heavy (non-hydrogen) atoms. The smallest absolute Gasteiger partial charge is 0.129 e. The Morgan fingerprint density at radius 1 is 1.19 bits per heavy atom. The first kappa shape index (κ1) is 9.60. The maximum atomic E-state index is 9.22. The molecular formula is C13H13NO2. The molecule has 1 aliphatic carbocycles. The van der Waals surface area contributed by atoms with E-state index in [1.54, 1.807) is 6.20 Å². The van der Waals surface area contributed by atoms with Gasteiger partial charge in [-0.05, 0) is 24.3 Å². The summed E-state index contributed by atoms with van der Waals surface area (Å²) in [5, 5.41) is 10.3. The van der Waals surface area contributed by atoms with Gasteiger partial charge in [0.2, 0.25) is 0 Å². The van der Waals surface area contributed by atoms with E-state index in [9.17, 15) is 5.11 Å². The van der Waals surface area contributed by atoms with Gasteiger partial charge in [-0.1, -0.05) is 6.07 Å². The molecule has 0 aliphatic heterocycles. The lowest BCUT2D eigenvalue weighted by atomic mass is 9.92. The molecular weight excluding hydrogens is 202 g/mol. The Labute approximate surface area is 93.7 Å². The van der Waals surface area contributed by atoms with E-state index in [-0.39, 0.29) is 12.2 Å². The van der Waals surface area contributed by atoms with Crippen LogP contribution in [-0.2, 0) is 0 Å². The van der Waals surface area contributed by atoms with Gasteiger partial charge >= 0.3 is 0 Å². The second kappa shape index (κ2) is 3.76. The highest BCUT2D eigenvalue weighted by molar-refractivity contribution is 5.84. The summed E-state index contributed by atoms with van der Waals surface area (Å²) in [5.74, 6) is 0.863. The van der Waals surface area contributed by atoms with E-state index < -0.39 is 0 Å². The Morgan fingerprint density at radius 2 is 2.06 bits per heavy atom. The summed E-state index contributed by atoms with van der Waals surface area (Å²) in [7, 11) is 0. The summed E-state index contributed by atoms with van der Waals surface area (Å²) >= 11 is 0. The summed E-state index contributed by atoms with van der Waals surface area (Å²) in [5.41, 5.74) is 0.944. The van der Waals surface area contributed by atoms with Crippen molar-refractivity contribution in [1.82, 2.24) is 4.98 Å². The minimum absolute atomic E-state index is 0.154. The van der Waals surface area contributed by atoms with Gasteiger partial charge in [-0.25, -0.2) is 0 Å². The molecule has 0 spiro atoms. The lowest BCUT2D eigenvalue weighted by molar-refractivity contribution is -0.0100. The van der Waals surface area contributed by atoms with Crippen molar-refractivity contribution in [3.63, 3.8) is 0 Å². The van der Waals surface area contributed by atoms with E-state index in [0.29, 0.717) is 0 Å². The highest BCUT2D eigenvalue weighted by Crippen LogP contribution is 2.30. The molecule has 0 atom stereocenters. The van der Waals surface area contributed by atoms with E-state index in [2.05, 4.69) is 4.98 Å². The Bertz CT molecular complexity index is 501. The molecule has 1 saturated carbocycles. The predicted octanol–water partition coefficient (Wildman–Crippen LogP) is 2.14. The summed E-state index contributed by atoms with van der Waals surface area (Å²) in [6.45, 7) is 0. The fraction of sp³-hybridized carbons (Fsp3) is 0.308. The summed E-state index contributed by atoms with van der Waals surface area (Å²) in [6, 6.07) is 9.78. The molecule has 0 radical (unpaired) electrons. The number of hydrogen-bond donors (Lipinski definition) is 1. The molecule has 0 bridgehead atoms. The van der Waals surface area contributed by atoms with Crippen LogP contribution in [0.1, 0.15) is 12.8 Å². The molecule has 1 heterocycles. The highest BCUT2D eigenvalue weighted by Gasteiger charge is 2.29. The number of fused-ring (bicyclic) bond motifs is 1. The zero-order chi connectivity index (χ0) is 11.0. The third kappa shape index (κ3) is 1.63. The maximum Gasteiger partial charge on any atom is 0.129 e. The van der Waals surface area contributed by atoms with Crippen molar-refractivity contribution in [3.05, 3.63) is 36.5 Å². The predicted molar refractivity (Wildman–Crippen MR) is 61.4 cm³/mol. The van der Waals surface area contributed by atoms with Crippen LogP contribution in [0.15, 0.2) is 36.5 Å². The van der Waals surface area contributed by atoms with E-state index in [0.717, 1.165) is 29.5 Å². The van der Waals surface area contributed by atoms with Crippen molar-refractivity contribution < 1.29 is 9.84 Å². The van der Waals surface area contributed by atoms with Crippen LogP contribution in [0, 0.1) is 0 Å². The van der Waals surface area contributed by atoms with Gasteiger partial charge < -0.3 is 9.84 Å². The number of pyridine rings is 1. The molecule has 82 valence electrons. The standard InChI is InChI=1S/C13H13NO2/c15-9-7-10(8-9)16-13-5-1-4-12-11(13)3-2-6-14-12/h1-6,9-10,15H,7-8H2. The van der Waals surface area contributed by atoms with E-state index in [1.807, 2.05) is 30.3 Å². The molecule has 1 aliphatic rings. The van der Waals surface area contributed by atoms with Gasteiger partial charge in [0.05, 0.1) is 11.6 Å². The molecule has 0 unspecified atom stereocenters. The molecule has 1 fully saturated rings. The Kier molecular flexibility index (Phi) is 2.26. The van der Waals surface area contributed by atoms with Gasteiger partial charge in [0.25, 0.3) is 0 Å². The van der Waals surface area contributed by atoms with Crippen LogP contribution in [-0.4, -0.2) is 22.3 Å². The van der Waals surface area contributed by atoms with Gasteiger partial charge in [0.1, 0.15) is 11.9 Å². The average molecular weight is 215 g/mol. The number of benzene rings is 1. The normalized spacial score (nSPS) is 24.1. The van der Waals surface area contributed by atoms with Gasteiger partial charge in [-0.2, -0.15) is 0 Å². The Balaban J connectivity index is 1.91. The average Bonchev–Trinajstić information content (AvgIpc) is 2.27. The SMILES string of the molecule is OC1CC(Oc2cccc3ncccc23)C1. The first-order chi connectivity index (χ1) is 7.83. The maximum absolute atomic E-state index is 9.22. The highest BCUT2D eigenvalue weighted by atomic mass is 16.5.